The lowest BCUT2D eigenvalue weighted by molar-refractivity contribution is -0.151. The Morgan fingerprint density at radius 1 is 0.218 bits per heavy atom. The van der Waals surface area contributed by atoms with Crippen LogP contribution in [-0.4, -0.2) is 238 Å². The second-order valence-electron chi connectivity index (χ2n) is 37.2. The van der Waals surface area contributed by atoms with E-state index in [-0.39, 0.29) is 89.1 Å². The summed E-state index contributed by atoms with van der Waals surface area (Å²) in [5.74, 6) is 0.920. The van der Waals surface area contributed by atoms with Crippen LogP contribution in [0.4, 0.5) is 14.4 Å². The van der Waals surface area contributed by atoms with E-state index in [1.165, 1.54) is 254 Å². The first-order chi connectivity index (χ1) is 64.5. The normalized spacial score (nSPS) is 11.9. The van der Waals surface area contributed by atoms with Crippen molar-refractivity contribution in [1.82, 2.24) is 29.4 Å². The SMILES string of the molecule is CCCCCC/C=C\COC(=O)CCCN(CCCC(=O)OC(CCCCCC)CCCCCC)C(=O)SCCN(C)C.CCCCCC/C=C\COC(=O)CCCN(CCCC(=O)OC(CCCCCC)CCCCCCC)C(=O)SCCN(C)C.CCCCCC/C=C\COC(=O)CCCN(CCCC(=O)OC(CCCCCCC)CCCCCCCC)C(=O)SCCN(C)C. The number of unbranched alkanes of at least 4 members (excludes halogenated alkanes) is 34. The molecule has 0 fully saturated rings. The Bertz CT molecular complexity index is 2770. The fraction of sp³-hybridized carbons (Fsp3) is 0.862. The Hall–Kier alpha value is -4.62. The van der Waals surface area contributed by atoms with Gasteiger partial charge in [0, 0.05) is 115 Å². The van der Waals surface area contributed by atoms with E-state index >= 15 is 0 Å². The van der Waals surface area contributed by atoms with Gasteiger partial charge in [-0.05, 0) is 196 Å². The fourth-order valence-electron chi connectivity index (χ4n) is 14.9. The predicted octanol–water partition coefficient (Wildman–Crippen LogP) is 29.1. The van der Waals surface area contributed by atoms with Crippen LogP contribution in [0.25, 0.3) is 0 Å². The summed E-state index contributed by atoms with van der Waals surface area (Å²) in [6.07, 6.45) is 74.1. The summed E-state index contributed by atoms with van der Waals surface area (Å²) in [6.45, 7) is 26.1. The number of hydrogen-bond donors (Lipinski definition) is 0. The van der Waals surface area contributed by atoms with Gasteiger partial charge >= 0.3 is 35.8 Å². The zero-order chi connectivity index (χ0) is 98.7. The van der Waals surface area contributed by atoms with Crippen LogP contribution in [0.5, 0.6) is 0 Å². The minimum atomic E-state index is -0.240. The van der Waals surface area contributed by atoms with Crippen molar-refractivity contribution in [2.75, 3.05) is 138 Å². The van der Waals surface area contributed by atoms with E-state index in [0.717, 1.165) is 116 Å². The third-order valence-corrected chi connectivity index (χ3v) is 26.0. The van der Waals surface area contributed by atoms with Crippen LogP contribution in [0, 0.1) is 0 Å². The van der Waals surface area contributed by atoms with E-state index in [4.69, 9.17) is 28.4 Å². The lowest BCUT2D eigenvalue weighted by atomic mass is 10.0. The number of amides is 3. The first-order valence-electron chi connectivity index (χ1n) is 54.2. The minimum absolute atomic E-state index is 0.000436. The smallest absolute Gasteiger partial charge is 0.306 e. The van der Waals surface area contributed by atoms with E-state index in [0.29, 0.717) is 134 Å². The molecule has 0 aromatic rings. The summed E-state index contributed by atoms with van der Waals surface area (Å²) in [5.41, 5.74) is 0. The maximum atomic E-state index is 13.0. The standard InChI is InChI=1S/C38H72N2O5S.C36H68N2O5S.C35H66N2O5S/c1-6-9-12-15-17-20-23-33-44-36(41)28-24-30-40(38(43)46-34-32-39(4)5)31-25-29-37(42)45-35(26-21-18-14-11-8-3)27-22-19-16-13-10-7-2;1-6-9-12-15-16-18-21-31-42-34(39)26-22-28-38(36(41)44-32-30-37(4)5)29-23-27-35(40)43-33(24-19-14-11-8-3)25-20-17-13-10-7-2;1-6-9-12-15-16-17-20-30-41-33(38)25-21-27-37(35(40)43-31-29-36(4)5)28-22-26-34(39)42-32(23-18-13-10-7-2)24-19-14-11-8-3/h20,23,35H,6-19,21-22,24-34H2,1-5H3;18,21,33H,6-17,19-20,22-32H2,1-5H3;17,20,32H,6-16,18-19,21-31H2,1-5H3/b23-20-;21-18-;20-17-. The molecule has 3 amide bonds. The summed E-state index contributed by atoms with van der Waals surface area (Å²) in [7, 11) is 11.9. The van der Waals surface area contributed by atoms with Crippen molar-refractivity contribution in [2.45, 2.75) is 472 Å². The Kier molecular flexibility index (Phi) is 103. The lowest BCUT2D eigenvalue weighted by Gasteiger charge is -2.23. The second kappa shape index (κ2) is 103. The Labute approximate surface area is 829 Å². The summed E-state index contributed by atoms with van der Waals surface area (Å²) >= 11 is 3.90. The van der Waals surface area contributed by atoms with Gasteiger partial charge in [-0.15, -0.1) is 0 Å². The molecule has 0 heterocycles. The van der Waals surface area contributed by atoms with Gasteiger partial charge in [0.15, 0.2) is 0 Å². The molecule has 0 aliphatic heterocycles. The second-order valence-corrected chi connectivity index (χ2v) is 40.3. The molecular formula is C109H206N6O15S3. The van der Waals surface area contributed by atoms with Crippen LogP contribution in [0.15, 0.2) is 36.5 Å². The number of esters is 6. The van der Waals surface area contributed by atoms with Gasteiger partial charge in [-0.1, -0.05) is 333 Å². The number of nitrogens with zero attached hydrogens (tertiary/aromatic N) is 6. The monoisotopic (exact) mass is 1940 g/mol. The first kappa shape index (κ1) is 133. The van der Waals surface area contributed by atoms with Crippen LogP contribution in [0.2, 0.25) is 0 Å². The maximum Gasteiger partial charge on any atom is 0.306 e. The molecule has 2 atom stereocenters. The molecule has 0 aliphatic rings. The molecule has 0 N–H and O–H groups in total. The van der Waals surface area contributed by atoms with Gasteiger partial charge < -0.3 is 57.8 Å². The highest BCUT2D eigenvalue weighted by molar-refractivity contribution is 8.14. The van der Waals surface area contributed by atoms with Gasteiger partial charge in [0.2, 0.25) is 0 Å². The van der Waals surface area contributed by atoms with Gasteiger partial charge in [-0.2, -0.15) is 0 Å². The van der Waals surface area contributed by atoms with Gasteiger partial charge in [-0.3, -0.25) is 43.2 Å². The largest absolute Gasteiger partial charge is 0.462 e. The van der Waals surface area contributed by atoms with Gasteiger partial charge in [0.25, 0.3) is 15.7 Å². The molecule has 0 radical (unpaired) electrons. The first-order valence-corrected chi connectivity index (χ1v) is 57.2. The van der Waals surface area contributed by atoms with Crippen molar-refractivity contribution in [3.63, 3.8) is 0 Å². The van der Waals surface area contributed by atoms with Crippen LogP contribution in [0.3, 0.4) is 0 Å². The summed E-state index contributed by atoms with van der Waals surface area (Å²) < 4.78 is 33.9. The quantitative estimate of drug-likeness (QED) is 0.0238. The number of carbonyl (C=O) groups is 9. The highest BCUT2D eigenvalue weighted by Crippen LogP contribution is 2.24. The number of allylic oxidation sites excluding steroid dienone is 3. The Morgan fingerprint density at radius 2 is 0.398 bits per heavy atom. The Balaban J connectivity index is -0.00000191. The van der Waals surface area contributed by atoms with Crippen molar-refractivity contribution < 1.29 is 71.6 Å². The Morgan fingerprint density at radius 3 is 0.602 bits per heavy atom. The zero-order valence-corrected chi connectivity index (χ0v) is 90.9. The molecule has 0 aromatic heterocycles. The molecule has 133 heavy (non-hydrogen) atoms. The summed E-state index contributed by atoms with van der Waals surface area (Å²) in [5, 5.41) is 0.00223. The van der Waals surface area contributed by atoms with Crippen molar-refractivity contribution >= 4 is 86.8 Å². The fourth-order valence-corrected chi connectivity index (χ4v) is 17.9. The molecule has 0 aliphatic carbocycles. The molecule has 0 saturated carbocycles. The third-order valence-electron chi connectivity index (χ3n) is 23.3. The maximum absolute atomic E-state index is 13.0. The molecule has 2 unspecified atom stereocenters. The number of hydrogen-bond acceptors (Lipinski definition) is 21. The van der Waals surface area contributed by atoms with E-state index < -0.39 is 0 Å². The highest BCUT2D eigenvalue weighted by Gasteiger charge is 2.23. The van der Waals surface area contributed by atoms with Crippen molar-refractivity contribution in [3.8, 4) is 0 Å². The molecule has 0 rings (SSSR count). The molecule has 0 saturated heterocycles. The molecular weight excluding hydrogens is 1730 g/mol. The molecule has 21 nitrogen and oxygen atoms in total. The average Bonchev–Trinajstić information content (AvgIpc) is 0.933. The van der Waals surface area contributed by atoms with E-state index in [9.17, 15) is 43.2 Å². The zero-order valence-electron chi connectivity index (χ0n) is 88.5. The average molecular weight is 1940 g/mol. The predicted molar refractivity (Wildman–Crippen MR) is 567 cm³/mol. The number of ether oxygens (including phenoxy) is 6. The molecule has 0 spiro atoms. The number of carbonyl (C=O) groups excluding carboxylic acids is 9. The highest BCUT2D eigenvalue weighted by atomic mass is 32.2. The molecule has 24 heteroatoms. The van der Waals surface area contributed by atoms with Crippen molar-refractivity contribution in [2.24, 2.45) is 0 Å². The van der Waals surface area contributed by atoms with Gasteiger partial charge in [0.05, 0.1) is 0 Å². The minimum Gasteiger partial charge on any atom is -0.462 e. The third kappa shape index (κ3) is 97.4. The van der Waals surface area contributed by atoms with Crippen molar-refractivity contribution in [3.05, 3.63) is 36.5 Å². The summed E-state index contributed by atoms with van der Waals surface area (Å²) in [4.78, 5) is 126. The van der Waals surface area contributed by atoms with Gasteiger partial charge in [-0.25, -0.2) is 0 Å². The van der Waals surface area contributed by atoms with E-state index in [2.05, 4.69) is 95.2 Å². The van der Waals surface area contributed by atoms with Crippen LogP contribution >= 0.6 is 35.3 Å². The lowest BCUT2D eigenvalue weighted by Crippen LogP contribution is -2.31. The number of thioether (sulfide) groups is 3. The van der Waals surface area contributed by atoms with Gasteiger partial charge in [0.1, 0.15) is 38.1 Å². The summed E-state index contributed by atoms with van der Waals surface area (Å²) in [6, 6.07) is 0. The molecule has 0 aromatic carbocycles. The molecule has 780 valence electrons. The number of rotatable bonds is 91. The van der Waals surface area contributed by atoms with Crippen LogP contribution in [-0.2, 0) is 57.2 Å². The topological polar surface area (TPSA) is 228 Å². The van der Waals surface area contributed by atoms with Crippen molar-refractivity contribution in [1.29, 1.82) is 0 Å². The van der Waals surface area contributed by atoms with E-state index in [1.54, 1.807) is 14.7 Å². The van der Waals surface area contributed by atoms with Crippen LogP contribution in [0.1, 0.15) is 454 Å². The van der Waals surface area contributed by atoms with Crippen LogP contribution < -0.4 is 0 Å². The molecule has 0 bridgehead atoms. The van der Waals surface area contributed by atoms with E-state index in [1.807, 2.05) is 60.5 Å².